The van der Waals surface area contributed by atoms with Gasteiger partial charge in [-0.25, -0.2) is 0 Å². The first-order valence-electron chi connectivity index (χ1n) is 10.0. The van der Waals surface area contributed by atoms with Crippen LogP contribution in [0, 0.1) is 5.92 Å². The van der Waals surface area contributed by atoms with E-state index in [9.17, 15) is 24.3 Å². The SMILES string of the molecule is CCC(C)C(=O)CCC(C(=O)O)N1CCN(CC(=O)O)CCN(CC(=O)O)CC1. The number of hydrogen-bond donors (Lipinski definition) is 3. The Balaban J connectivity index is 2.90. The van der Waals surface area contributed by atoms with Crippen LogP contribution in [0.3, 0.4) is 0 Å². The quantitative estimate of drug-likeness (QED) is 0.420. The van der Waals surface area contributed by atoms with Crippen molar-refractivity contribution < 1.29 is 34.5 Å². The summed E-state index contributed by atoms with van der Waals surface area (Å²) < 4.78 is 0. The highest BCUT2D eigenvalue weighted by Gasteiger charge is 2.29. The van der Waals surface area contributed by atoms with Crippen LogP contribution in [0.25, 0.3) is 0 Å². The van der Waals surface area contributed by atoms with E-state index < -0.39 is 23.9 Å². The monoisotopic (exact) mass is 415 g/mol. The van der Waals surface area contributed by atoms with Crippen LogP contribution in [-0.4, -0.2) is 112 Å². The zero-order valence-corrected chi connectivity index (χ0v) is 17.2. The molecule has 1 fully saturated rings. The number of aliphatic carboxylic acids is 3. The van der Waals surface area contributed by atoms with E-state index in [1.54, 1.807) is 14.7 Å². The summed E-state index contributed by atoms with van der Waals surface area (Å²) in [6, 6.07) is -0.875. The second-order valence-electron chi connectivity index (χ2n) is 7.54. The number of carboxylic acids is 3. The number of nitrogens with zero attached hydrogens (tertiary/aromatic N) is 3. The number of ketones is 1. The fourth-order valence-electron chi connectivity index (χ4n) is 3.38. The summed E-state index contributed by atoms with van der Waals surface area (Å²) in [6.07, 6.45) is 1.05. The Kier molecular flexibility index (Phi) is 10.8. The van der Waals surface area contributed by atoms with Crippen LogP contribution >= 0.6 is 0 Å². The van der Waals surface area contributed by atoms with Gasteiger partial charge in [0.15, 0.2) is 0 Å². The van der Waals surface area contributed by atoms with Gasteiger partial charge in [0.2, 0.25) is 0 Å². The van der Waals surface area contributed by atoms with Gasteiger partial charge in [-0.05, 0) is 12.8 Å². The molecule has 0 amide bonds. The normalized spacial score (nSPS) is 19.5. The average Bonchev–Trinajstić information content (AvgIpc) is 2.72. The topological polar surface area (TPSA) is 139 Å². The maximum absolute atomic E-state index is 12.2. The van der Waals surface area contributed by atoms with Crippen LogP contribution in [0.5, 0.6) is 0 Å². The molecule has 1 saturated heterocycles. The molecular formula is C19H33N3O7. The van der Waals surface area contributed by atoms with Crippen molar-refractivity contribution in [3.05, 3.63) is 0 Å². The number of carboxylic acid groups (broad SMARTS) is 3. The number of carbonyl (C=O) groups excluding carboxylic acids is 1. The molecule has 1 aliphatic rings. The van der Waals surface area contributed by atoms with E-state index >= 15 is 0 Å². The summed E-state index contributed by atoms with van der Waals surface area (Å²) in [6.45, 7) is 5.50. The molecule has 0 aromatic rings. The van der Waals surface area contributed by atoms with E-state index in [1.165, 1.54) is 0 Å². The first-order valence-corrected chi connectivity index (χ1v) is 10.0. The largest absolute Gasteiger partial charge is 0.480 e. The predicted molar refractivity (Wildman–Crippen MR) is 105 cm³/mol. The molecule has 166 valence electrons. The van der Waals surface area contributed by atoms with Gasteiger partial charge in [0.1, 0.15) is 11.8 Å². The highest BCUT2D eigenvalue weighted by molar-refractivity contribution is 5.81. The fourth-order valence-corrected chi connectivity index (χ4v) is 3.38. The Hall–Kier alpha value is -2.04. The van der Waals surface area contributed by atoms with Gasteiger partial charge in [0.05, 0.1) is 13.1 Å². The lowest BCUT2D eigenvalue weighted by atomic mass is 9.97. The van der Waals surface area contributed by atoms with Crippen molar-refractivity contribution >= 4 is 23.7 Å². The van der Waals surface area contributed by atoms with Crippen LogP contribution in [0.1, 0.15) is 33.1 Å². The number of carbonyl (C=O) groups is 4. The van der Waals surface area contributed by atoms with Gasteiger partial charge in [-0.3, -0.25) is 33.9 Å². The summed E-state index contributed by atoms with van der Waals surface area (Å²) >= 11 is 0. The van der Waals surface area contributed by atoms with Crippen molar-refractivity contribution in [1.29, 1.82) is 0 Å². The number of rotatable bonds is 11. The molecule has 0 aromatic carbocycles. The Bertz CT molecular complexity index is 556. The van der Waals surface area contributed by atoms with Crippen LogP contribution in [0.15, 0.2) is 0 Å². The molecule has 2 unspecified atom stereocenters. The fraction of sp³-hybridized carbons (Fsp3) is 0.789. The molecule has 0 aliphatic carbocycles. The minimum atomic E-state index is -1.03. The van der Waals surface area contributed by atoms with E-state index in [1.807, 2.05) is 13.8 Å². The minimum absolute atomic E-state index is 0.0306. The molecule has 29 heavy (non-hydrogen) atoms. The smallest absolute Gasteiger partial charge is 0.320 e. The van der Waals surface area contributed by atoms with E-state index in [4.69, 9.17) is 10.2 Å². The van der Waals surface area contributed by atoms with Crippen molar-refractivity contribution in [2.45, 2.75) is 39.2 Å². The molecule has 10 nitrogen and oxygen atoms in total. The molecule has 0 bridgehead atoms. The first kappa shape index (κ1) is 25.0. The lowest BCUT2D eigenvalue weighted by molar-refractivity contribution is -0.144. The molecule has 0 spiro atoms. The molecule has 0 radical (unpaired) electrons. The lowest BCUT2D eigenvalue weighted by Gasteiger charge is -2.30. The molecule has 1 heterocycles. The van der Waals surface area contributed by atoms with Gasteiger partial charge >= 0.3 is 17.9 Å². The van der Waals surface area contributed by atoms with Gasteiger partial charge in [-0.15, -0.1) is 0 Å². The van der Waals surface area contributed by atoms with Gasteiger partial charge in [-0.1, -0.05) is 13.8 Å². The predicted octanol–water partition coefficient (Wildman–Crippen LogP) is -0.0762. The van der Waals surface area contributed by atoms with Crippen LogP contribution in [-0.2, 0) is 19.2 Å². The van der Waals surface area contributed by atoms with Gasteiger partial charge in [-0.2, -0.15) is 0 Å². The molecular weight excluding hydrogens is 382 g/mol. The third-order valence-corrected chi connectivity index (χ3v) is 5.41. The van der Waals surface area contributed by atoms with Gasteiger partial charge in [0, 0.05) is 51.6 Å². The van der Waals surface area contributed by atoms with E-state index in [0.29, 0.717) is 45.7 Å². The van der Waals surface area contributed by atoms with Crippen LogP contribution in [0.4, 0.5) is 0 Å². The van der Waals surface area contributed by atoms with Crippen molar-refractivity contribution in [1.82, 2.24) is 14.7 Å². The number of Topliss-reactive ketones (excluding diaryl/α,β-unsaturated/α-hetero) is 1. The third kappa shape index (κ3) is 9.33. The van der Waals surface area contributed by atoms with Crippen LogP contribution < -0.4 is 0 Å². The summed E-state index contributed by atoms with van der Waals surface area (Å²) in [5, 5.41) is 27.9. The summed E-state index contributed by atoms with van der Waals surface area (Å²) in [7, 11) is 0. The summed E-state index contributed by atoms with van der Waals surface area (Å²) in [5.41, 5.74) is 0. The Morgan fingerprint density at radius 3 is 1.66 bits per heavy atom. The first-order chi connectivity index (χ1) is 13.6. The van der Waals surface area contributed by atoms with Crippen molar-refractivity contribution in [3.8, 4) is 0 Å². The van der Waals surface area contributed by atoms with E-state index in [-0.39, 0.29) is 37.6 Å². The second kappa shape index (κ2) is 12.5. The highest BCUT2D eigenvalue weighted by Crippen LogP contribution is 2.14. The molecule has 0 aromatic heterocycles. The zero-order valence-electron chi connectivity index (χ0n) is 17.2. The van der Waals surface area contributed by atoms with Crippen molar-refractivity contribution in [3.63, 3.8) is 0 Å². The van der Waals surface area contributed by atoms with Crippen molar-refractivity contribution in [2.75, 3.05) is 52.4 Å². The minimum Gasteiger partial charge on any atom is -0.480 e. The standard InChI is InChI=1S/C19H33N3O7/c1-3-14(2)16(23)5-4-15(19(28)29)22-10-8-20(12-17(24)25)6-7-21(9-11-22)13-18(26)27/h14-15H,3-13H2,1-2H3,(H,24,25)(H,26,27)(H,28,29). The Morgan fingerprint density at radius 2 is 1.28 bits per heavy atom. The average molecular weight is 415 g/mol. The summed E-state index contributed by atoms with van der Waals surface area (Å²) in [4.78, 5) is 51.3. The van der Waals surface area contributed by atoms with Crippen LogP contribution in [0.2, 0.25) is 0 Å². The van der Waals surface area contributed by atoms with Gasteiger partial charge < -0.3 is 15.3 Å². The van der Waals surface area contributed by atoms with Crippen molar-refractivity contribution in [2.24, 2.45) is 5.92 Å². The van der Waals surface area contributed by atoms with E-state index in [2.05, 4.69) is 0 Å². The lowest BCUT2D eigenvalue weighted by Crippen LogP contribution is -2.47. The zero-order chi connectivity index (χ0) is 22.0. The highest BCUT2D eigenvalue weighted by atomic mass is 16.4. The second-order valence-corrected chi connectivity index (χ2v) is 7.54. The molecule has 10 heteroatoms. The van der Waals surface area contributed by atoms with E-state index in [0.717, 1.165) is 0 Å². The molecule has 0 saturated carbocycles. The third-order valence-electron chi connectivity index (χ3n) is 5.41. The maximum Gasteiger partial charge on any atom is 0.320 e. The van der Waals surface area contributed by atoms with Gasteiger partial charge in [0.25, 0.3) is 0 Å². The molecule has 3 N–H and O–H groups in total. The molecule has 1 aliphatic heterocycles. The summed E-state index contributed by atoms with van der Waals surface area (Å²) in [5.74, 6) is -3.10. The maximum atomic E-state index is 12.2. The Labute approximate surface area is 171 Å². The molecule has 1 rings (SSSR count). The molecule has 2 atom stereocenters. The Morgan fingerprint density at radius 1 is 0.828 bits per heavy atom. The number of hydrogen-bond acceptors (Lipinski definition) is 7.